The molecule has 112 valence electrons. The summed E-state index contributed by atoms with van der Waals surface area (Å²) in [5, 5.41) is 0. The smallest absolute Gasteiger partial charge is 0.320 e. The largest absolute Gasteiger partial charge is 0.468 e. The molecule has 0 spiro atoms. The topological polar surface area (TPSA) is 78.9 Å². The molecule has 0 unspecified atom stereocenters. The van der Waals surface area contributed by atoms with E-state index >= 15 is 0 Å². The van der Waals surface area contributed by atoms with Crippen LogP contribution in [0.2, 0.25) is 0 Å². The van der Waals surface area contributed by atoms with Gasteiger partial charge in [-0.3, -0.25) is 14.4 Å². The number of hydrogen-bond donors (Lipinski definition) is 0. The Balaban J connectivity index is 5.28. The van der Waals surface area contributed by atoms with Gasteiger partial charge in [0.2, 0.25) is 0 Å². The van der Waals surface area contributed by atoms with E-state index in [1.54, 1.807) is 13.0 Å². The Labute approximate surface area is 118 Å². The van der Waals surface area contributed by atoms with Crippen LogP contribution in [-0.2, 0) is 28.6 Å². The highest BCUT2D eigenvalue weighted by atomic mass is 16.5. The molecule has 0 N–H and O–H groups in total. The van der Waals surface area contributed by atoms with E-state index in [-0.39, 0.29) is 6.42 Å². The van der Waals surface area contributed by atoms with Gasteiger partial charge in [-0.15, -0.1) is 6.58 Å². The van der Waals surface area contributed by atoms with Crippen molar-refractivity contribution in [2.24, 2.45) is 5.92 Å². The lowest BCUT2D eigenvalue weighted by molar-refractivity contribution is -0.158. The van der Waals surface area contributed by atoms with Gasteiger partial charge in [0.1, 0.15) is 5.76 Å². The fourth-order valence-corrected chi connectivity index (χ4v) is 1.63. The predicted molar refractivity (Wildman–Crippen MR) is 71.4 cm³/mol. The Hall–Kier alpha value is -2.11. The molecule has 0 rings (SSSR count). The van der Waals surface area contributed by atoms with Crippen molar-refractivity contribution in [3.05, 3.63) is 24.0 Å². The van der Waals surface area contributed by atoms with E-state index in [9.17, 15) is 14.4 Å². The van der Waals surface area contributed by atoms with Crippen LogP contribution in [-0.4, -0.2) is 32.1 Å². The molecule has 0 bridgehead atoms. The Morgan fingerprint density at radius 3 is 1.95 bits per heavy atom. The van der Waals surface area contributed by atoms with Gasteiger partial charge in [0.25, 0.3) is 0 Å². The summed E-state index contributed by atoms with van der Waals surface area (Å²) in [5.74, 6) is -2.62. The quantitative estimate of drug-likeness (QED) is 0.233. The van der Waals surface area contributed by atoms with Crippen LogP contribution in [0.15, 0.2) is 24.0 Å². The lowest BCUT2D eigenvalue weighted by Crippen LogP contribution is -2.27. The Morgan fingerprint density at radius 1 is 1.10 bits per heavy atom. The van der Waals surface area contributed by atoms with Gasteiger partial charge in [0.15, 0.2) is 5.92 Å². The molecule has 0 aliphatic carbocycles. The van der Waals surface area contributed by atoms with E-state index in [1.807, 2.05) is 0 Å². The predicted octanol–water partition coefficient (Wildman–Crippen LogP) is 1.75. The third-order valence-corrected chi connectivity index (χ3v) is 2.61. The Bertz CT molecular complexity index is 405. The molecule has 0 atom stereocenters. The summed E-state index contributed by atoms with van der Waals surface area (Å²) in [6, 6.07) is 0. The number of esters is 3. The second-order valence-corrected chi connectivity index (χ2v) is 4.05. The molecule has 0 saturated carbocycles. The fourth-order valence-electron chi connectivity index (χ4n) is 1.63. The maximum Gasteiger partial charge on any atom is 0.320 e. The molecule has 0 saturated heterocycles. The third-order valence-electron chi connectivity index (χ3n) is 2.61. The van der Waals surface area contributed by atoms with Crippen molar-refractivity contribution in [1.29, 1.82) is 0 Å². The summed E-state index contributed by atoms with van der Waals surface area (Å²) >= 11 is 0. The van der Waals surface area contributed by atoms with Gasteiger partial charge in [-0.1, -0.05) is 6.08 Å². The van der Waals surface area contributed by atoms with E-state index < -0.39 is 23.8 Å². The number of methoxy groups -OCH3 is 2. The van der Waals surface area contributed by atoms with Crippen LogP contribution in [0, 0.1) is 5.92 Å². The SMILES string of the molecule is C=CC/C(CC(C(=O)OC)C(=O)OC)=C(\C)OC(C)=O. The number of allylic oxidation sites excluding steroid dienone is 3. The molecule has 0 amide bonds. The molecule has 0 aromatic rings. The van der Waals surface area contributed by atoms with Crippen molar-refractivity contribution in [3.63, 3.8) is 0 Å². The zero-order valence-electron chi connectivity index (χ0n) is 12.2. The van der Waals surface area contributed by atoms with E-state index in [0.29, 0.717) is 17.8 Å². The number of rotatable bonds is 7. The summed E-state index contributed by atoms with van der Waals surface area (Å²) in [4.78, 5) is 34.2. The van der Waals surface area contributed by atoms with Crippen molar-refractivity contribution in [3.8, 4) is 0 Å². The highest BCUT2D eigenvalue weighted by molar-refractivity contribution is 5.95. The first-order valence-electron chi connectivity index (χ1n) is 6.00. The number of ether oxygens (including phenoxy) is 3. The fraction of sp³-hybridized carbons (Fsp3) is 0.500. The first-order chi connectivity index (χ1) is 9.37. The maximum absolute atomic E-state index is 11.6. The van der Waals surface area contributed by atoms with Crippen LogP contribution < -0.4 is 0 Å². The van der Waals surface area contributed by atoms with Crippen molar-refractivity contribution < 1.29 is 28.6 Å². The molecule has 0 aromatic heterocycles. The second kappa shape index (κ2) is 8.90. The molecule has 6 heteroatoms. The molecule has 6 nitrogen and oxygen atoms in total. The average Bonchev–Trinajstić information content (AvgIpc) is 2.40. The summed E-state index contributed by atoms with van der Waals surface area (Å²) < 4.78 is 14.1. The molecule has 0 aliphatic rings. The maximum atomic E-state index is 11.6. The standard InChI is InChI=1S/C14H20O6/c1-6-7-11(9(2)20-10(3)15)8-12(13(16)18-4)14(17)19-5/h6,12H,1,7-8H2,2-5H3/b11-9-. The van der Waals surface area contributed by atoms with Gasteiger partial charge in [0, 0.05) is 6.92 Å². The van der Waals surface area contributed by atoms with Crippen molar-refractivity contribution >= 4 is 17.9 Å². The first-order valence-corrected chi connectivity index (χ1v) is 6.00. The third kappa shape index (κ3) is 5.69. The minimum atomic E-state index is -1.09. The summed E-state index contributed by atoms with van der Waals surface area (Å²) in [7, 11) is 2.38. The van der Waals surface area contributed by atoms with Gasteiger partial charge in [-0.25, -0.2) is 0 Å². The van der Waals surface area contributed by atoms with Gasteiger partial charge in [0.05, 0.1) is 14.2 Å². The highest BCUT2D eigenvalue weighted by Gasteiger charge is 2.30. The molecule has 0 heterocycles. The normalized spacial score (nSPS) is 11.4. The molecule has 0 aromatic carbocycles. The molecular formula is C14H20O6. The Morgan fingerprint density at radius 2 is 1.60 bits per heavy atom. The minimum absolute atomic E-state index is 0.0461. The lowest BCUT2D eigenvalue weighted by atomic mass is 9.96. The summed E-state index contributed by atoms with van der Waals surface area (Å²) in [6.07, 6.45) is 2.02. The minimum Gasteiger partial charge on any atom is -0.468 e. The van der Waals surface area contributed by atoms with E-state index in [1.165, 1.54) is 21.1 Å². The molecule has 0 aliphatic heterocycles. The van der Waals surface area contributed by atoms with Crippen LogP contribution in [0.4, 0.5) is 0 Å². The summed E-state index contributed by atoms with van der Waals surface area (Å²) in [6.45, 7) is 6.45. The molecule has 20 heavy (non-hydrogen) atoms. The lowest BCUT2D eigenvalue weighted by Gasteiger charge is -2.16. The van der Waals surface area contributed by atoms with Crippen LogP contribution in [0.25, 0.3) is 0 Å². The van der Waals surface area contributed by atoms with Crippen LogP contribution in [0.3, 0.4) is 0 Å². The highest BCUT2D eigenvalue weighted by Crippen LogP contribution is 2.22. The van der Waals surface area contributed by atoms with E-state index in [0.717, 1.165) is 0 Å². The molecule has 0 fully saturated rings. The zero-order valence-corrected chi connectivity index (χ0v) is 12.2. The van der Waals surface area contributed by atoms with Crippen LogP contribution >= 0.6 is 0 Å². The van der Waals surface area contributed by atoms with Crippen molar-refractivity contribution in [2.45, 2.75) is 26.7 Å². The monoisotopic (exact) mass is 284 g/mol. The number of carbonyl (C=O) groups excluding carboxylic acids is 3. The molecular weight excluding hydrogens is 264 g/mol. The van der Waals surface area contributed by atoms with E-state index in [4.69, 9.17) is 4.74 Å². The summed E-state index contributed by atoms with van der Waals surface area (Å²) in [5.41, 5.74) is 0.607. The van der Waals surface area contributed by atoms with Crippen LogP contribution in [0.1, 0.15) is 26.7 Å². The Kier molecular flexibility index (Phi) is 7.96. The van der Waals surface area contributed by atoms with Crippen molar-refractivity contribution in [1.82, 2.24) is 0 Å². The van der Waals surface area contributed by atoms with Gasteiger partial charge in [-0.05, 0) is 25.3 Å². The molecule has 0 radical (unpaired) electrons. The number of hydrogen-bond acceptors (Lipinski definition) is 6. The first kappa shape index (κ1) is 17.9. The van der Waals surface area contributed by atoms with Gasteiger partial charge in [-0.2, -0.15) is 0 Å². The van der Waals surface area contributed by atoms with Crippen molar-refractivity contribution in [2.75, 3.05) is 14.2 Å². The average molecular weight is 284 g/mol. The van der Waals surface area contributed by atoms with E-state index in [2.05, 4.69) is 16.1 Å². The van der Waals surface area contributed by atoms with Crippen LogP contribution in [0.5, 0.6) is 0 Å². The van der Waals surface area contributed by atoms with Gasteiger partial charge >= 0.3 is 17.9 Å². The van der Waals surface area contributed by atoms with Gasteiger partial charge < -0.3 is 14.2 Å². The zero-order chi connectivity index (χ0) is 15.7. The number of carbonyl (C=O) groups is 3. The second-order valence-electron chi connectivity index (χ2n) is 4.05.